The number of fused-ring (bicyclic) bond motifs is 1. The summed E-state index contributed by atoms with van der Waals surface area (Å²) in [5.41, 5.74) is 5.17. The zero-order valence-electron chi connectivity index (χ0n) is 33.3. The van der Waals surface area contributed by atoms with Crippen LogP contribution in [0.5, 0.6) is 0 Å². The van der Waals surface area contributed by atoms with E-state index >= 15 is 0 Å². The number of carbonyl (C=O) groups is 4. The summed E-state index contributed by atoms with van der Waals surface area (Å²) in [6, 6.07) is 12.2. The largest absolute Gasteiger partial charge is 0.453 e. The molecule has 4 N–H and O–H groups in total. The van der Waals surface area contributed by atoms with E-state index in [4.69, 9.17) is 14.5 Å². The molecule has 0 unspecified atom stereocenters. The summed E-state index contributed by atoms with van der Waals surface area (Å²) in [4.78, 5) is 71.3. The molecule has 298 valence electrons. The molecule has 2 aromatic carbocycles. The number of nitrogens with zero attached hydrogens (tertiary/aromatic N) is 4. The van der Waals surface area contributed by atoms with Gasteiger partial charge in [-0.05, 0) is 78.5 Å². The van der Waals surface area contributed by atoms with E-state index in [0.717, 1.165) is 52.1 Å². The Bertz CT molecular complexity index is 2150. The number of carbonyl (C=O) groups excluding carboxylic acids is 4. The van der Waals surface area contributed by atoms with Crippen LogP contribution in [0.4, 0.5) is 9.59 Å². The number of rotatable bonds is 9. The number of hydrogen-bond donors (Lipinski definition) is 4. The summed E-state index contributed by atoms with van der Waals surface area (Å²) < 4.78 is 9.54. The van der Waals surface area contributed by atoms with Crippen molar-refractivity contribution in [2.75, 3.05) is 44.9 Å². The molecule has 2 aliphatic rings. The first-order valence-corrected chi connectivity index (χ1v) is 21.6. The van der Waals surface area contributed by atoms with Gasteiger partial charge in [0.15, 0.2) is 0 Å². The summed E-state index contributed by atoms with van der Waals surface area (Å²) in [6.07, 6.45) is 6.45. The zero-order chi connectivity index (χ0) is 40.3. The minimum atomic E-state index is -1.11. The van der Waals surface area contributed by atoms with Crippen molar-refractivity contribution >= 4 is 45.1 Å². The number of methoxy groups -OCH3 is 2. The molecular weight excluding hydrogens is 733 g/mol. The topological polar surface area (TPSA) is 175 Å². The van der Waals surface area contributed by atoms with Crippen molar-refractivity contribution in [3.8, 4) is 23.0 Å². The SMILES string of the molecule is COC(=O)N[C@H](C(=O)N1CCC[C@H]1c1ncc(C#Cc2ccc(-c3ccc4[nH]c([C@@H]5CS(C)(C)CN5C(=O)[C@@H](NC(=O)OC)C(C)C)nc4c3)cc2)[nH]1)C(C)C. The van der Waals surface area contributed by atoms with Gasteiger partial charge in [0.2, 0.25) is 11.8 Å². The van der Waals surface area contributed by atoms with Gasteiger partial charge in [0.05, 0.1) is 49.4 Å². The number of H-pyrrole nitrogens is 2. The fourth-order valence-electron chi connectivity index (χ4n) is 7.37. The second kappa shape index (κ2) is 16.7. The van der Waals surface area contributed by atoms with Crippen LogP contribution in [0.1, 0.15) is 75.5 Å². The predicted molar refractivity (Wildman–Crippen MR) is 217 cm³/mol. The molecule has 4 aromatic rings. The molecule has 2 aromatic heterocycles. The molecule has 2 aliphatic heterocycles. The van der Waals surface area contributed by atoms with Gasteiger partial charge in [-0.3, -0.25) is 9.59 Å². The fourth-order valence-corrected chi connectivity index (χ4v) is 9.73. The van der Waals surface area contributed by atoms with E-state index in [0.29, 0.717) is 23.9 Å². The molecule has 4 atom stereocenters. The molecule has 14 nitrogen and oxygen atoms in total. The minimum absolute atomic E-state index is 0.114. The lowest BCUT2D eigenvalue weighted by molar-refractivity contribution is -0.136. The van der Waals surface area contributed by atoms with E-state index in [9.17, 15) is 19.2 Å². The van der Waals surface area contributed by atoms with Gasteiger partial charge in [-0.1, -0.05) is 51.8 Å². The number of benzene rings is 2. The second-order valence-corrected chi connectivity index (χ2v) is 19.8. The van der Waals surface area contributed by atoms with Crippen molar-refractivity contribution in [3.63, 3.8) is 0 Å². The lowest BCUT2D eigenvalue weighted by atomic mass is 10.0. The Balaban J connectivity index is 1.15. The maximum absolute atomic E-state index is 13.9. The van der Waals surface area contributed by atoms with Crippen LogP contribution in [0.25, 0.3) is 22.2 Å². The number of alkyl carbamates (subject to hydrolysis) is 2. The second-order valence-electron chi connectivity index (χ2n) is 15.7. The van der Waals surface area contributed by atoms with Crippen molar-refractivity contribution in [1.29, 1.82) is 0 Å². The highest BCUT2D eigenvalue weighted by Gasteiger charge is 2.43. The van der Waals surface area contributed by atoms with Gasteiger partial charge >= 0.3 is 12.2 Å². The van der Waals surface area contributed by atoms with Crippen molar-refractivity contribution in [1.82, 2.24) is 40.4 Å². The Morgan fingerprint density at radius 2 is 1.45 bits per heavy atom. The third-order valence-corrected chi connectivity index (χ3v) is 12.6. The van der Waals surface area contributed by atoms with E-state index in [1.165, 1.54) is 14.2 Å². The molecule has 0 bridgehead atoms. The Kier molecular flexibility index (Phi) is 12.0. The summed E-state index contributed by atoms with van der Waals surface area (Å²) in [7, 11) is 1.47. The third kappa shape index (κ3) is 8.81. The first-order valence-electron chi connectivity index (χ1n) is 18.8. The quantitative estimate of drug-likeness (QED) is 0.157. The molecule has 56 heavy (non-hydrogen) atoms. The average molecular weight is 785 g/mol. The maximum Gasteiger partial charge on any atom is 0.407 e. The Labute approximate surface area is 329 Å². The van der Waals surface area contributed by atoms with Crippen LogP contribution >= 0.6 is 10.0 Å². The number of imidazole rings is 2. The average Bonchev–Trinajstić information content (AvgIpc) is 3.99. The molecule has 0 spiro atoms. The lowest BCUT2D eigenvalue weighted by Crippen LogP contribution is -2.51. The highest BCUT2D eigenvalue weighted by atomic mass is 32.3. The monoisotopic (exact) mass is 784 g/mol. The van der Waals surface area contributed by atoms with Gasteiger partial charge in [-0.2, -0.15) is 0 Å². The normalized spacial score (nSPS) is 19.3. The van der Waals surface area contributed by atoms with Gasteiger partial charge in [0.1, 0.15) is 29.4 Å². The van der Waals surface area contributed by atoms with Crippen LogP contribution in [0.2, 0.25) is 0 Å². The summed E-state index contributed by atoms with van der Waals surface area (Å²) in [5.74, 6) is 8.68. The van der Waals surface area contributed by atoms with Crippen LogP contribution in [-0.2, 0) is 19.1 Å². The summed E-state index contributed by atoms with van der Waals surface area (Å²) in [6.45, 7) is 8.17. The van der Waals surface area contributed by atoms with Gasteiger partial charge in [-0.25, -0.2) is 29.6 Å². The highest BCUT2D eigenvalue weighted by molar-refractivity contribution is 8.32. The van der Waals surface area contributed by atoms with Gasteiger partial charge in [0.25, 0.3) is 0 Å². The molecule has 4 heterocycles. The van der Waals surface area contributed by atoms with Crippen LogP contribution in [0, 0.1) is 23.7 Å². The van der Waals surface area contributed by atoms with Crippen LogP contribution in [0.3, 0.4) is 0 Å². The zero-order valence-corrected chi connectivity index (χ0v) is 34.1. The standard InChI is InChI=1S/C41H52N8O6S/c1-24(2)34(46-40(52)54-5)38(50)48-19-9-10-32(48)36-42-21-29(43-36)17-13-26-11-14-27(15-12-26)28-16-18-30-31(20-28)45-37(44-30)33-22-56(7,8)23-49(33)39(51)35(25(3)4)47-41(53)55-6/h11-12,14-16,18,20-21,24-25,32-35H,9-10,19,22-23H2,1-8H3,(H,42,43)(H,44,45)(H,46,52)(H,47,53)/t32-,33-,34-,35-/m0/s1. The molecule has 2 fully saturated rings. The first-order chi connectivity index (χ1) is 26.7. The molecule has 0 radical (unpaired) electrons. The number of ether oxygens (including phenoxy) is 2. The first kappa shape index (κ1) is 40.2. The molecule has 0 aliphatic carbocycles. The minimum Gasteiger partial charge on any atom is -0.453 e. The maximum atomic E-state index is 13.9. The van der Waals surface area contributed by atoms with E-state index < -0.39 is 34.3 Å². The number of nitrogens with one attached hydrogen (secondary N) is 4. The number of likely N-dealkylation sites (tertiary alicyclic amines) is 1. The van der Waals surface area contributed by atoms with E-state index in [1.54, 1.807) is 11.1 Å². The van der Waals surface area contributed by atoms with Gasteiger partial charge in [0, 0.05) is 17.9 Å². The lowest BCUT2D eigenvalue weighted by Gasteiger charge is -2.30. The van der Waals surface area contributed by atoms with E-state index in [-0.39, 0.29) is 35.7 Å². The van der Waals surface area contributed by atoms with Crippen molar-refractivity contribution < 1.29 is 28.7 Å². The molecular formula is C41H52N8O6S. The molecule has 2 saturated heterocycles. The molecule has 0 saturated carbocycles. The summed E-state index contributed by atoms with van der Waals surface area (Å²) >= 11 is 0. The Hall–Kier alpha value is -5.49. The number of amides is 4. The number of hydrogen-bond acceptors (Lipinski definition) is 8. The Morgan fingerprint density at radius 1 is 0.821 bits per heavy atom. The van der Waals surface area contributed by atoms with Crippen molar-refractivity contribution in [2.45, 2.75) is 64.7 Å². The van der Waals surface area contributed by atoms with Crippen LogP contribution in [-0.4, -0.2) is 111 Å². The van der Waals surface area contributed by atoms with E-state index in [2.05, 4.69) is 49.9 Å². The highest BCUT2D eigenvalue weighted by Crippen LogP contribution is 2.52. The Morgan fingerprint density at radius 3 is 2.07 bits per heavy atom. The van der Waals surface area contributed by atoms with E-state index in [1.807, 2.05) is 75.1 Å². The van der Waals surface area contributed by atoms with Crippen LogP contribution < -0.4 is 10.6 Å². The number of aromatic amines is 2. The van der Waals surface area contributed by atoms with Gasteiger partial charge < -0.3 is 39.9 Å². The molecule has 15 heteroatoms. The fraction of sp³-hybridized carbons (Fsp3) is 0.463. The molecule has 6 rings (SSSR count). The van der Waals surface area contributed by atoms with Crippen LogP contribution in [0.15, 0.2) is 48.7 Å². The number of aromatic nitrogens is 4. The van der Waals surface area contributed by atoms with Gasteiger partial charge in [-0.15, -0.1) is 0 Å². The predicted octanol–water partition coefficient (Wildman–Crippen LogP) is 5.68. The smallest absolute Gasteiger partial charge is 0.407 e. The molecule has 4 amide bonds. The van der Waals surface area contributed by atoms with Crippen molar-refractivity contribution in [2.24, 2.45) is 11.8 Å². The van der Waals surface area contributed by atoms with Crippen molar-refractivity contribution in [3.05, 3.63) is 71.6 Å². The summed E-state index contributed by atoms with van der Waals surface area (Å²) in [5, 5.41) is 5.41. The third-order valence-electron chi connectivity index (χ3n) is 10.4.